The molecule has 3 heteroatoms. The third kappa shape index (κ3) is 6.11. The highest BCUT2D eigenvalue weighted by Gasteiger charge is 2.12. The third-order valence-corrected chi connectivity index (χ3v) is 2.55. The van der Waals surface area contributed by atoms with Crippen molar-refractivity contribution in [1.29, 1.82) is 0 Å². The highest BCUT2D eigenvalue weighted by Crippen LogP contribution is 2.06. The van der Waals surface area contributed by atoms with Crippen molar-refractivity contribution in [3.63, 3.8) is 0 Å². The lowest BCUT2D eigenvalue weighted by molar-refractivity contribution is 1.55. The van der Waals surface area contributed by atoms with E-state index in [9.17, 15) is 0 Å². The maximum atomic E-state index is 5.34. The van der Waals surface area contributed by atoms with E-state index >= 15 is 0 Å². The predicted octanol–water partition coefficient (Wildman–Crippen LogP) is 1.61. The van der Waals surface area contributed by atoms with Crippen LogP contribution in [0.4, 0.5) is 0 Å². The molecule has 48 valence electrons. The van der Waals surface area contributed by atoms with Gasteiger partial charge >= 0.3 is 0 Å². The summed E-state index contributed by atoms with van der Waals surface area (Å²) in [6.45, 7) is 6.77. The van der Waals surface area contributed by atoms with Crippen LogP contribution >= 0.6 is 12.2 Å². The molecule has 0 aromatic rings. The molecule has 0 amide bonds. The molecule has 0 aromatic carbocycles. The van der Waals surface area contributed by atoms with Crippen molar-refractivity contribution >= 4 is 25.3 Å². The Balaban J connectivity index is 3.55. The first kappa shape index (κ1) is 8.11. The van der Waals surface area contributed by atoms with E-state index in [1.54, 1.807) is 0 Å². The largest absolute Gasteiger partial charge is 0.394 e. The lowest BCUT2D eigenvalue weighted by Crippen LogP contribution is -2.26. The zero-order chi connectivity index (χ0) is 6.78. The van der Waals surface area contributed by atoms with Gasteiger partial charge < -0.3 is 5.73 Å². The van der Waals surface area contributed by atoms with Crippen LogP contribution in [0.3, 0.4) is 0 Å². The van der Waals surface area contributed by atoms with Crippen LogP contribution in [-0.4, -0.2) is 13.1 Å². The molecule has 0 saturated carbocycles. The molecule has 0 bridgehead atoms. The SMILES string of the molecule is C[Si](C)(C)CC(N)=S. The minimum Gasteiger partial charge on any atom is -0.394 e. The predicted molar refractivity (Wildman–Crippen MR) is 44.9 cm³/mol. The van der Waals surface area contributed by atoms with E-state index in [1.807, 2.05) is 0 Å². The van der Waals surface area contributed by atoms with Crippen LogP contribution in [0.5, 0.6) is 0 Å². The molecule has 0 aromatic heterocycles. The van der Waals surface area contributed by atoms with E-state index < -0.39 is 8.07 Å². The second-order valence-electron chi connectivity index (χ2n) is 3.20. The molecule has 2 N–H and O–H groups in total. The van der Waals surface area contributed by atoms with E-state index in [0.29, 0.717) is 4.99 Å². The van der Waals surface area contributed by atoms with Crippen molar-refractivity contribution < 1.29 is 0 Å². The van der Waals surface area contributed by atoms with Gasteiger partial charge in [-0.15, -0.1) is 0 Å². The average Bonchev–Trinajstić information content (AvgIpc) is 1.21. The number of rotatable bonds is 2. The number of hydrogen-bond donors (Lipinski definition) is 1. The van der Waals surface area contributed by atoms with Gasteiger partial charge in [-0.05, 0) is 6.04 Å². The van der Waals surface area contributed by atoms with E-state index in [2.05, 4.69) is 19.6 Å². The highest BCUT2D eigenvalue weighted by molar-refractivity contribution is 7.80. The minimum atomic E-state index is -0.986. The van der Waals surface area contributed by atoms with E-state index in [1.165, 1.54) is 0 Å². The van der Waals surface area contributed by atoms with Crippen molar-refractivity contribution in [2.24, 2.45) is 5.73 Å². The monoisotopic (exact) mass is 147 g/mol. The topological polar surface area (TPSA) is 26.0 Å². The summed E-state index contributed by atoms with van der Waals surface area (Å²) in [5.41, 5.74) is 5.34. The second-order valence-corrected chi connectivity index (χ2v) is 9.20. The van der Waals surface area contributed by atoms with Gasteiger partial charge in [0.25, 0.3) is 0 Å². The Morgan fingerprint density at radius 2 is 1.88 bits per heavy atom. The molecular weight excluding hydrogens is 134 g/mol. The quantitative estimate of drug-likeness (QED) is 0.474. The normalized spacial score (nSPS) is 11.4. The fraction of sp³-hybridized carbons (Fsp3) is 0.800. The fourth-order valence-corrected chi connectivity index (χ4v) is 2.87. The molecule has 0 aliphatic carbocycles. The Morgan fingerprint density at radius 3 is 1.88 bits per heavy atom. The van der Waals surface area contributed by atoms with Crippen LogP contribution in [0.15, 0.2) is 0 Å². The Labute approximate surface area is 57.3 Å². The van der Waals surface area contributed by atoms with Gasteiger partial charge in [0.05, 0.1) is 13.1 Å². The molecule has 0 aliphatic heterocycles. The molecule has 0 fully saturated rings. The molecule has 0 spiro atoms. The molecule has 0 atom stereocenters. The first-order chi connectivity index (χ1) is 3.42. The van der Waals surface area contributed by atoms with Crippen LogP contribution in [0, 0.1) is 0 Å². The van der Waals surface area contributed by atoms with Crippen molar-refractivity contribution in [3.8, 4) is 0 Å². The van der Waals surface area contributed by atoms with Gasteiger partial charge in [0.2, 0.25) is 0 Å². The summed E-state index contributed by atoms with van der Waals surface area (Å²) >= 11 is 4.76. The van der Waals surface area contributed by atoms with Gasteiger partial charge in [0.1, 0.15) is 0 Å². The zero-order valence-electron chi connectivity index (χ0n) is 5.69. The molecule has 0 rings (SSSR count). The Bertz CT molecular complexity index is 95.1. The van der Waals surface area contributed by atoms with Gasteiger partial charge in [-0.2, -0.15) is 0 Å². The molecule has 0 unspecified atom stereocenters. The lowest BCUT2D eigenvalue weighted by atomic mass is 10.8. The zero-order valence-corrected chi connectivity index (χ0v) is 7.51. The van der Waals surface area contributed by atoms with Crippen molar-refractivity contribution in [2.45, 2.75) is 25.7 Å². The summed E-state index contributed by atoms with van der Waals surface area (Å²) in [5, 5.41) is 0. The number of thiocarbonyl (C=S) groups is 1. The molecular formula is C5H13NSSi. The van der Waals surface area contributed by atoms with Gasteiger partial charge in [0, 0.05) is 0 Å². The summed E-state index contributed by atoms with van der Waals surface area (Å²) < 4.78 is 0. The molecule has 1 nitrogen and oxygen atoms in total. The minimum absolute atomic E-state index is 0.671. The van der Waals surface area contributed by atoms with Gasteiger partial charge in [-0.3, -0.25) is 0 Å². The summed E-state index contributed by atoms with van der Waals surface area (Å²) in [5.74, 6) is 0. The summed E-state index contributed by atoms with van der Waals surface area (Å²) in [6.07, 6.45) is 0. The maximum absolute atomic E-state index is 5.34. The van der Waals surface area contributed by atoms with Crippen LogP contribution in [-0.2, 0) is 0 Å². The average molecular weight is 147 g/mol. The van der Waals surface area contributed by atoms with E-state index in [4.69, 9.17) is 18.0 Å². The smallest absolute Gasteiger partial charge is 0.0700 e. The molecule has 8 heavy (non-hydrogen) atoms. The number of nitrogens with two attached hydrogens (primary N) is 1. The Hall–Kier alpha value is 0.107. The van der Waals surface area contributed by atoms with Crippen LogP contribution in [0.25, 0.3) is 0 Å². The molecule has 0 aliphatic rings. The van der Waals surface area contributed by atoms with Crippen LogP contribution < -0.4 is 5.73 Å². The van der Waals surface area contributed by atoms with Gasteiger partial charge in [0.15, 0.2) is 0 Å². The van der Waals surface area contributed by atoms with Crippen LogP contribution in [0.1, 0.15) is 0 Å². The summed E-state index contributed by atoms with van der Waals surface area (Å²) in [7, 11) is -0.986. The lowest BCUT2D eigenvalue weighted by Gasteiger charge is -2.12. The van der Waals surface area contributed by atoms with E-state index in [-0.39, 0.29) is 0 Å². The van der Waals surface area contributed by atoms with Crippen molar-refractivity contribution in [1.82, 2.24) is 0 Å². The Morgan fingerprint density at radius 1 is 1.50 bits per heavy atom. The van der Waals surface area contributed by atoms with Gasteiger partial charge in [-0.25, -0.2) is 0 Å². The van der Waals surface area contributed by atoms with Crippen molar-refractivity contribution in [3.05, 3.63) is 0 Å². The first-order valence-electron chi connectivity index (χ1n) is 2.70. The molecule has 0 saturated heterocycles. The molecule has 0 radical (unpaired) electrons. The standard InChI is InChI=1S/C5H13NSSi/c1-8(2,3)4-5(6)7/h4H2,1-3H3,(H2,6,7). The first-order valence-corrected chi connectivity index (χ1v) is 6.82. The van der Waals surface area contributed by atoms with Gasteiger partial charge in [-0.1, -0.05) is 31.9 Å². The van der Waals surface area contributed by atoms with E-state index in [0.717, 1.165) is 6.04 Å². The fourth-order valence-electron chi connectivity index (χ4n) is 0.523. The van der Waals surface area contributed by atoms with Crippen LogP contribution in [0.2, 0.25) is 25.7 Å². The second kappa shape index (κ2) is 2.59. The Kier molecular flexibility index (Phi) is 2.63. The van der Waals surface area contributed by atoms with Crippen molar-refractivity contribution in [2.75, 3.05) is 0 Å². The summed E-state index contributed by atoms with van der Waals surface area (Å²) in [6, 6.07) is 0.975. The number of hydrogen-bond acceptors (Lipinski definition) is 1. The maximum Gasteiger partial charge on any atom is 0.0700 e. The molecule has 0 heterocycles. The third-order valence-electron chi connectivity index (χ3n) is 0.705. The highest BCUT2D eigenvalue weighted by atomic mass is 32.1. The summed E-state index contributed by atoms with van der Waals surface area (Å²) in [4.78, 5) is 0.671.